The van der Waals surface area contributed by atoms with Crippen LogP contribution in [0.5, 0.6) is 0 Å². The first-order valence-corrected chi connectivity index (χ1v) is 4.43. The van der Waals surface area contributed by atoms with Crippen molar-refractivity contribution in [1.29, 1.82) is 0 Å². The van der Waals surface area contributed by atoms with Gasteiger partial charge < -0.3 is 24.8 Å². The van der Waals surface area contributed by atoms with Gasteiger partial charge in [0, 0.05) is 7.11 Å². The third kappa shape index (κ3) is 2.12. The van der Waals surface area contributed by atoms with E-state index in [0.717, 1.165) is 0 Å². The van der Waals surface area contributed by atoms with E-state index in [9.17, 15) is 15.3 Å². The summed E-state index contributed by atoms with van der Waals surface area (Å²) in [6.07, 6.45) is -5.38. The molecule has 78 valence electrons. The first-order valence-electron chi connectivity index (χ1n) is 3.90. The van der Waals surface area contributed by atoms with Crippen molar-refractivity contribution in [3.8, 4) is 0 Å². The molecule has 0 aromatic rings. The Balaban J connectivity index is 2.66. The molecule has 3 N–H and O–H groups in total. The molecule has 0 bridgehead atoms. The van der Waals surface area contributed by atoms with Crippen LogP contribution in [0, 0.1) is 0 Å². The lowest BCUT2D eigenvalue weighted by atomic mass is 10.00. The molecule has 1 aliphatic rings. The van der Waals surface area contributed by atoms with E-state index in [0.29, 0.717) is 0 Å². The number of alkyl halides is 1. The van der Waals surface area contributed by atoms with Gasteiger partial charge in [0.05, 0.1) is 5.88 Å². The van der Waals surface area contributed by atoms with Crippen molar-refractivity contribution in [3.05, 3.63) is 0 Å². The maximum atomic E-state index is 9.35. The number of aliphatic hydroxyl groups is 3. The molecule has 13 heavy (non-hydrogen) atoms. The fourth-order valence-corrected chi connectivity index (χ4v) is 1.49. The minimum Gasteiger partial charge on any atom is -0.388 e. The summed E-state index contributed by atoms with van der Waals surface area (Å²) in [6.45, 7) is 0. The monoisotopic (exact) mass is 212 g/mol. The van der Waals surface area contributed by atoms with Crippen LogP contribution >= 0.6 is 11.6 Å². The van der Waals surface area contributed by atoms with E-state index in [2.05, 4.69) is 0 Å². The lowest BCUT2D eigenvalue weighted by Gasteiger charge is -2.38. The zero-order valence-corrected chi connectivity index (χ0v) is 7.89. The van der Waals surface area contributed by atoms with Crippen molar-refractivity contribution >= 4 is 11.6 Å². The number of aliphatic hydroxyl groups excluding tert-OH is 3. The third-order valence-corrected chi connectivity index (χ3v) is 2.36. The van der Waals surface area contributed by atoms with Gasteiger partial charge in [-0.05, 0) is 0 Å². The van der Waals surface area contributed by atoms with E-state index < -0.39 is 30.7 Å². The van der Waals surface area contributed by atoms with Crippen molar-refractivity contribution in [1.82, 2.24) is 0 Å². The zero-order chi connectivity index (χ0) is 10.0. The quantitative estimate of drug-likeness (QED) is 0.495. The highest BCUT2D eigenvalue weighted by Gasteiger charge is 2.43. The molecule has 1 rings (SSSR count). The molecule has 0 spiro atoms. The summed E-state index contributed by atoms with van der Waals surface area (Å²) in [7, 11) is 1.34. The summed E-state index contributed by atoms with van der Waals surface area (Å²) < 4.78 is 9.82. The van der Waals surface area contributed by atoms with E-state index in [4.69, 9.17) is 21.1 Å². The lowest BCUT2D eigenvalue weighted by Crippen LogP contribution is -2.58. The number of hydrogen-bond acceptors (Lipinski definition) is 5. The number of ether oxygens (including phenoxy) is 2. The smallest absolute Gasteiger partial charge is 0.186 e. The Bertz CT molecular complexity index is 147. The Kier molecular flexibility index (Phi) is 3.90. The normalized spacial score (nSPS) is 46.4. The predicted octanol–water partition coefficient (Wildman–Crippen LogP) is -1.32. The first-order chi connectivity index (χ1) is 6.11. The van der Waals surface area contributed by atoms with Crippen molar-refractivity contribution in [2.75, 3.05) is 13.0 Å². The SMILES string of the molecule is COC1OC(CCl)C(O)C(O)C1O. The number of halogens is 1. The molecule has 0 aliphatic carbocycles. The second kappa shape index (κ2) is 4.54. The zero-order valence-electron chi connectivity index (χ0n) is 7.13. The van der Waals surface area contributed by atoms with Gasteiger partial charge in [-0.3, -0.25) is 0 Å². The van der Waals surface area contributed by atoms with Gasteiger partial charge in [-0.1, -0.05) is 0 Å². The van der Waals surface area contributed by atoms with E-state index in [1.54, 1.807) is 0 Å². The molecule has 0 saturated carbocycles. The first kappa shape index (κ1) is 11.2. The van der Waals surface area contributed by atoms with Crippen molar-refractivity contribution in [2.24, 2.45) is 0 Å². The lowest BCUT2D eigenvalue weighted by molar-refractivity contribution is -0.285. The highest BCUT2D eigenvalue weighted by Crippen LogP contribution is 2.22. The summed E-state index contributed by atoms with van der Waals surface area (Å²) in [5.74, 6) is 0.0325. The maximum Gasteiger partial charge on any atom is 0.186 e. The standard InChI is InChI=1S/C7H13ClO5/c1-12-7-6(11)5(10)4(9)3(2-8)13-7/h3-7,9-11H,2H2,1H3. The van der Waals surface area contributed by atoms with Crippen molar-refractivity contribution in [2.45, 2.75) is 30.7 Å². The van der Waals surface area contributed by atoms with Gasteiger partial charge in [-0.15, -0.1) is 11.6 Å². The van der Waals surface area contributed by atoms with Gasteiger partial charge in [0.1, 0.15) is 24.4 Å². The molecule has 1 saturated heterocycles. The Morgan fingerprint density at radius 1 is 1.23 bits per heavy atom. The third-order valence-electron chi connectivity index (χ3n) is 2.05. The Labute approximate surface area is 80.8 Å². The molecule has 1 heterocycles. The van der Waals surface area contributed by atoms with Crippen LogP contribution in [0.4, 0.5) is 0 Å². The largest absolute Gasteiger partial charge is 0.388 e. The summed E-state index contributed by atoms with van der Waals surface area (Å²) in [6, 6.07) is 0. The Hall–Kier alpha value is 0.0900. The number of methoxy groups -OCH3 is 1. The second-order valence-corrected chi connectivity index (χ2v) is 3.21. The average molecular weight is 213 g/mol. The van der Waals surface area contributed by atoms with Crippen molar-refractivity contribution < 1.29 is 24.8 Å². The molecule has 5 atom stereocenters. The molecular formula is C7H13ClO5. The van der Waals surface area contributed by atoms with Crippen LogP contribution in [0.3, 0.4) is 0 Å². The molecule has 6 heteroatoms. The summed E-state index contributed by atoms with van der Waals surface area (Å²) in [4.78, 5) is 0. The molecular weight excluding hydrogens is 200 g/mol. The molecule has 5 unspecified atom stereocenters. The molecule has 1 fully saturated rings. The highest BCUT2D eigenvalue weighted by molar-refractivity contribution is 6.18. The minimum absolute atomic E-state index is 0.0325. The van der Waals surface area contributed by atoms with Crippen LogP contribution in [0.1, 0.15) is 0 Å². The van der Waals surface area contributed by atoms with Gasteiger partial charge in [0.2, 0.25) is 0 Å². The maximum absolute atomic E-state index is 9.35. The van der Waals surface area contributed by atoms with Crippen LogP contribution in [-0.4, -0.2) is 59.0 Å². The van der Waals surface area contributed by atoms with E-state index in [1.807, 2.05) is 0 Å². The molecule has 5 nitrogen and oxygen atoms in total. The van der Waals surface area contributed by atoms with Gasteiger partial charge in [-0.25, -0.2) is 0 Å². The second-order valence-electron chi connectivity index (χ2n) is 2.90. The fraction of sp³-hybridized carbons (Fsp3) is 1.00. The van der Waals surface area contributed by atoms with Gasteiger partial charge in [0.25, 0.3) is 0 Å². The van der Waals surface area contributed by atoms with E-state index >= 15 is 0 Å². The fourth-order valence-electron chi connectivity index (χ4n) is 1.24. The van der Waals surface area contributed by atoms with E-state index in [1.165, 1.54) is 7.11 Å². The molecule has 0 aromatic carbocycles. The number of rotatable bonds is 2. The van der Waals surface area contributed by atoms with Gasteiger partial charge >= 0.3 is 0 Å². The molecule has 0 radical (unpaired) electrons. The van der Waals surface area contributed by atoms with Crippen LogP contribution in [0.2, 0.25) is 0 Å². The average Bonchev–Trinajstić information content (AvgIpc) is 2.15. The van der Waals surface area contributed by atoms with Crippen LogP contribution < -0.4 is 0 Å². The topological polar surface area (TPSA) is 79.2 Å². The van der Waals surface area contributed by atoms with Gasteiger partial charge in [0.15, 0.2) is 6.29 Å². The van der Waals surface area contributed by atoms with Crippen molar-refractivity contribution in [3.63, 3.8) is 0 Å². The summed E-state index contributed by atoms with van der Waals surface area (Å²) >= 11 is 5.48. The predicted molar refractivity (Wildman–Crippen MR) is 44.4 cm³/mol. The number of hydrogen-bond donors (Lipinski definition) is 3. The Morgan fingerprint density at radius 2 is 1.85 bits per heavy atom. The summed E-state index contributed by atoms with van der Waals surface area (Å²) in [5, 5.41) is 28.0. The molecule has 0 amide bonds. The van der Waals surface area contributed by atoms with Gasteiger partial charge in [-0.2, -0.15) is 0 Å². The van der Waals surface area contributed by atoms with Crippen LogP contribution in [0.15, 0.2) is 0 Å². The molecule has 1 aliphatic heterocycles. The highest BCUT2D eigenvalue weighted by atomic mass is 35.5. The van der Waals surface area contributed by atoms with Crippen LogP contribution in [0.25, 0.3) is 0 Å². The van der Waals surface area contributed by atoms with Crippen LogP contribution in [-0.2, 0) is 9.47 Å². The summed E-state index contributed by atoms with van der Waals surface area (Å²) in [5.41, 5.74) is 0. The molecule has 0 aromatic heterocycles. The minimum atomic E-state index is -1.29. The Morgan fingerprint density at radius 3 is 2.31 bits per heavy atom. The van der Waals surface area contributed by atoms with E-state index in [-0.39, 0.29) is 5.88 Å².